The highest BCUT2D eigenvalue weighted by atomic mass is 79.9. The molecule has 1 saturated heterocycles. The van der Waals surface area contributed by atoms with Crippen LogP contribution in [0.1, 0.15) is 15.9 Å². The zero-order valence-corrected chi connectivity index (χ0v) is 13.1. The van der Waals surface area contributed by atoms with Crippen molar-refractivity contribution in [1.29, 1.82) is 0 Å². The van der Waals surface area contributed by atoms with Gasteiger partial charge in [-0.25, -0.2) is 13.2 Å². The highest BCUT2D eigenvalue weighted by molar-refractivity contribution is 9.10. The average molecular weight is 364 g/mol. The molecule has 8 heteroatoms. The molecule has 1 aliphatic heterocycles. The van der Waals surface area contributed by atoms with Gasteiger partial charge in [0.15, 0.2) is 0 Å². The molecule has 0 saturated carbocycles. The van der Waals surface area contributed by atoms with E-state index in [9.17, 15) is 13.2 Å². The second kappa shape index (κ2) is 5.44. The van der Waals surface area contributed by atoms with Crippen molar-refractivity contribution in [2.75, 3.05) is 19.7 Å². The number of carboxylic acid groups (broad SMARTS) is 1. The summed E-state index contributed by atoms with van der Waals surface area (Å²) < 4.78 is 26.4. The first-order valence-electron chi connectivity index (χ1n) is 5.91. The SMILES string of the molecule is Cc1c(Br)cc(S(=O)(=O)N2CC(CO)C2)cc1C(=O)O. The van der Waals surface area contributed by atoms with Gasteiger partial charge in [0.2, 0.25) is 10.0 Å². The quantitative estimate of drug-likeness (QED) is 0.834. The van der Waals surface area contributed by atoms with Crippen LogP contribution in [0.25, 0.3) is 0 Å². The van der Waals surface area contributed by atoms with Crippen molar-refractivity contribution >= 4 is 31.9 Å². The number of hydrogen-bond donors (Lipinski definition) is 2. The molecule has 2 rings (SSSR count). The van der Waals surface area contributed by atoms with Gasteiger partial charge in [-0.15, -0.1) is 0 Å². The second-order valence-electron chi connectivity index (χ2n) is 4.75. The molecule has 1 fully saturated rings. The van der Waals surface area contributed by atoms with Crippen molar-refractivity contribution in [3.8, 4) is 0 Å². The Bertz CT molecular complexity index is 652. The van der Waals surface area contributed by atoms with Crippen LogP contribution in [-0.2, 0) is 10.0 Å². The Morgan fingerprint density at radius 1 is 1.45 bits per heavy atom. The summed E-state index contributed by atoms with van der Waals surface area (Å²) in [6.45, 7) is 2.07. The molecule has 1 aromatic carbocycles. The Morgan fingerprint density at radius 2 is 2.05 bits per heavy atom. The molecule has 0 atom stereocenters. The van der Waals surface area contributed by atoms with Gasteiger partial charge in [-0.1, -0.05) is 15.9 Å². The van der Waals surface area contributed by atoms with Gasteiger partial charge in [0, 0.05) is 30.1 Å². The van der Waals surface area contributed by atoms with Crippen LogP contribution in [0.15, 0.2) is 21.5 Å². The molecule has 0 amide bonds. The summed E-state index contributed by atoms with van der Waals surface area (Å²) in [6.07, 6.45) is 0. The molecule has 2 N–H and O–H groups in total. The zero-order valence-electron chi connectivity index (χ0n) is 10.7. The van der Waals surface area contributed by atoms with E-state index in [4.69, 9.17) is 10.2 Å². The van der Waals surface area contributed by atoms with Crippen molar-refractivity contribution in [2.45, 2.75) is 11.8 Å². The monoisotopic (exact) mass is 363 g/mol. The Labute approximate surface area is 125 Å². The molecule has 0 aliphatic carbocycles. The lowest BCUT2D eigenvalue weighted by atomic mass is 10.1. The van der Waals surface area contributed by atoms with Gasteiger partial charge in [0.05, 0.1) is 10.5 Å². The first-order chi connectivity index (χ1) is 9.27. The minimum atomic E-state index is -3.71. The summed E-state index contributed by atoms with van der Waals surface area (Å²) in [4.78, 5) is 11.1. The molecule has 1 aromatic rings. The largest absolute Gasteiger partial charge is 0.478 e. The summed E-state index contributed by atoms with van der Waals surface area (Å²) in [7, 11) is -3.71. The van der Waals surface area contributed by atoms with Gasteiger partial charge in [-0.05, 0) is 24.6 Å². The molecule has 110 valence electrons. The highest BCUT2D eigenvalue weighted by Crippen LogP contribution is 2.30. The molecule has 0 radical (unpaired) electrons. The lowest BCUT2D eigenvalue weighted by Gasteiger charge is -2.37. The summed E-state index contributed by atoms with van der Waals surface area (Å²) in [5.41, 5.74) is 0.436. The topological polar surface area (TPSA) is 94.9 Å². The number of sulfonamides is 1. The van der Waals surface area contributed by atoms with Crippen LogP contribution >= 0.6 is 15.9 Å². The van der Waals surface area contributed by atoms with E-state index in [2.05, 4.69) is 15.9 Å². The number of nitrogens with zero attached hydrogens (tertiary/aromatic N) is 1. The van der Waals surface area contributed by atoms with Crippen LogP contribution in [0.3, 0.4) is 0 Å². The number of rotatable bonds is 4. The molecule has 6 nitrogen and oxygen atoms in total. The third kappa shape index (κ3) is 2.60. The van der Waals surface area contributed by atoms with E-state index < -0.39 is 16.0 Å². The molecule has 20 heavy (non-hydrogen) atoms. The number of aliphatic hydroxyl groups excluding tert-OH is 1. The predicted octanol–water partition coefficient (Wildman–Crippen LogP) is 1.07. The van der Waals surface area contributed by atoms with Gasteiger partial charge in [0.1, 0.15) is 0 Å². The first kappa shape index (κ1) is 15.4. The Hall–Kier alpha value is -0.960. The number of aromatic carboxylic acids is 1. The molecule has 0 unspecified atom stereocenters. The normalized spacial score (nSPS) is 16.9. The molecular formula is C12H14BrNO5S. The zero-order chi connectivity index (χ0) is 15.1. The lowest BCUT2D eigenvalue weighted by Crippen LogP contribution is -2.51. The standard InChI is InChI=1S/C12H14BrNO5S/c1-7-10(12(16)17)2-9(3-11(7)13)20(18,19)14-4-8(5-14)6-15/h2-3,8,15H,4-6H2,1H3,(H,16,17). The van der Waals surface area contributed by atoms with Crippen molar-refractivity contribution in [1.82, 2.24) is 4.31 Å². The van der Waals surface area contributed by atoms with Crippen LogP contribution in [-0.4, -0.2) is 48.6 Å². The fraction of sp³-hybridized carbons (Fsp3) is 0.417. The van der Waals surface area contributed by atoms with Crippen molar-refractivity contribution in [3.05, 3.63) is 27.7 Å². The van der Waals surface area contributed by atoms with Crippen LogP contribution in [0, 0.1) is 12.8 Å². The average Bonchev–Trinajstić information content (AvgIpc) is 2.30. The van der Waals surface area contributed by atoms with Crippen molar-refractivity contribution < 1.29 is 23.4 Å². The minimum absolute atomic E-state index is 0.0439. The predicted molar refractivity (Wildman–Crippen MR) is 75.2 cm³/mol. The number of benzene rings is 1. The first-order valence-corrected chi connectivity index (χ1v) is 8.15. The number of carboxylic acids is 1. The summed E-state index contributed by atoms with van der Waals surface area (Å²) in [5, 5.41) is 18.0. The van der Waals surface area contributed by atoms with Crippen molar-refractivity contribution in [2.24, 2.45) is 5.92 Å². The van der Waals surface area contributed by atoms with E-state index in [1.54, 1.807) is 6.92 Å². The maximum Gasteiger partial charge on any atom is 0.336 e. The fourth-order valence-corrected chi connectivity index (χ4v) is 4.27. The fourth-order valence-electron chi connectivity index (χ4n) is 2.01. The summed E-state index contributed by atoms with van der Waals surface area (Å²) in [6, 6.07) is 2.58. The number of halogens is 1. The molecule has 0 bridgehead atoms. The summed E-state index contributed by atoms with van der Waals surface area (Å²) >= 11 is 3.19. The Morgan fingerprint density at radius 3 is 2.55 bits per heavy atom. The van der Waals surface area contributed by atoms with Crippen LogP contribution in [0.4, 0.5) is 0 Å². The summed E-state index contributed by atoms with van der Waals surface area (Å²) in [5.74, 6) is -1.21. The third-order valence-corrected chi connectivity index (χ3v) is 6.00. The van der Waals surface area contributed by atoms with E-state index in [0.29, 0.717) is 10.0 Å². The number of aliphatic hydroxyl groups is 1. The van der Waals surface area contributed by atoms with Gasteiger partial charge in [0.25, 0.3) is 0 Å². The van der Waals surface area contributed by atoms with Crippen molar-refractivity contribution in [3.63, 3.8) is 0 Å². The Kier molecular flexibility index (Phi) is 4.19. The molecule has 1 aliphatic rings. The van der Waals surface area contributed by atoms with Gasteiger partial charge >= 0.3 is 5.97 Å². The number of carbonyl (C=O) groups is 1. The van der Waals surface area contributed by atoms with E-state index in [0.717, 1.165) is 0 Å². The minimum Gasteiger partial charge on any atom is -0.478 e. The number of hydrogen-bond acceptors (Lipinski definition) is 4. The molecular weight excluding hydrogens is 350 g/mol. The highest BCUT2D eigenvalue weighted by Gasteiger charge is 2.36. The maximum absolute atomic E-state index is 12.3. The van der Waals surface area contributed by atoms with Crippen LogP contribution in [0.5, 0.6) is 0 Å². The lowest BCUT2D eigenvalue weighted by molar-refractivity contribution is 0.0695. The van der Waals surface area contributed by atoms with E-state index in [1.165, 1.54) is 16.4 Å². The molecule has 0 spiro atoms. The smallest absolute Gasteiger partial charge is 0.336 e. The Balaban J connectivity index is 2.41. The molecule has 1 heterocycles. The molecule has 0 aromatic heterocycles. The second-order valence-corrected chi connectivity index (χ2v) is 7.55. The van der Waals surface area contributed by atoms with Crippen LogP contribution in [0.2, 0.25) is 0 Å². The van der Waals surface area contributed by atoms with E-state index in [-0.39, 0.29) is 36.1 Å². The van der Waals surface area contributed by atoms with Crippen LogP contribution < -0.4 is 0 Å². The van der Waals surface area contributed by atoms with Gasteiger partial charge in [-0.2, -0.15) is 4.31 Å². The third-order valence-electron chi connectivity index (χ3n) is 3.37. The van der Waals surface area contributed by atoms with Gasteiger partial charge in [-0.3, -0.25) is 0 Å². The van der Waals surface area contributed by atoms with E-state index in [1.807, 2.05) is 0 Å². The van der Waals surface area contributed by atoms with Gasteiger partial charge < -0.3 is 10.2 Å². The van der Waals surface area contributed by atoms with E-state index >= 15 is 0 Å². The maximum atomic E-state index is 12.3.